The molecule has 6 nitrogen and oxygen atoms in total. The van der Waals surface area contributed by atoms with Gasteiger partial charge in [0.15, 0.2) is 6.10 Å². The Morgan fingerprint density at radius 3 is 1.04 bits per heavy atom. The molecule has 0 spiro atoms. The van der Waals surface area contributed by atoms with E-state index >= 15 is 0 Å². The van der Waals surface area contributed by atoms with E-state index in [1.165, 1.54) is 89.9 Å². The number of unbranched alkanes of at least 4 members (excludes halogenated alkanes) is 19. The molecule has 0 aliphatic heterocycles. The van der Waals surface area contributed by atoms with Gasteiger partial charge in [0.05, 0.1) is 0 Å². The van der Waals surface area contributed by atoms with Gasteiger partial charge in [-0.1, -0.05) is 214 Å². The van der Waals surface area contributed by atoms with Crippen LogP contribution in [0.4, 0.5) is 0 Å². The topological polar surface area (TPSA) is 78.9 Å². The van der Waals surface area contributed by atoms with Crippen molar-refractivity contribution in [2.24, 2.45) is 0 Å². The van der Waals surface area contributed by atoms with Crippen LogP contribution in [0.3, 0.4) is 0 Å². The number of allylic oxidation sites excluding steroid dienone is 18. The van der Waals surface area contributed by atoms with Crippen molar-refractivity contribution in [2.45, 2.75) is 245 Å². The van der Waals surface area contributed by atoms with E-state index in [1.807, 2.05) is 6.08 Å². The van der Waals surface area contributed by atoms with Crippen molar-refractivity contribution in [1.82, 2.24) is 0 Å². The molecule has 6 heteroatoms. The number of carbonyl (C=O) groups excluding carboxylic acids is 3. The van der Waals surface area contributed by atoms with Crippen molar-refractivity contribution in [3.05, 3.63) is 109 Å². The molecule has 0 aromatic carbocycles. The van der Waals surface area contributed by atoms with Crippen LogP contribution >= 0.6 is 0 Å². The summed E-state index contributed by atoms with van der Waals surface area (Å²) in [7, 11) is 0. The number of carbonyl (C=O) groups is 3. The quantitative estimate of drug-likeness (QED) is 0.0262. The second kappa shape index (κ2) is 54.7. The maximum atomic E-state index is 12.8. The van der Waals surface area contributed by atoms with E-state index in [0.717, 1.165) is 103 Å². The lowest BCUT2D eigenvalue weighted by Crippen LogP contribution is -2.30. The van der Waals surface area contributed by atoms with Crippen molar-refractivity contribution < 1.29 is 28.6 Å². The molecule has 0 saturated carbocycles. The third-order valence-corrected chi connectivity index (χ3v) is 11.2. The minimum absolute atomic E-state index is 0.113. The van der Waals surface area contributed by atoms with Crippen molar-refractivity contribution in [1.29, 1.82) is 0 Å². The third-order valence-electron chi connectivity index (χ3n) is 11.2. The minimum Gasteiger partial charge on any atom is -0.462 e. The van der Waals surface area contributed by atoms with E-state index in [2.05, 4.69) is 124 Å². The molecular formula is C61H100O6. The summed E-state index contributed by atoms with van der Waals surface area (Å²) in [5, 5.41) is 0. The van der Waals surface area contributed by atoms with E-state index in [0.29, 0.717) is 19.3 Å². The normalized spacial score (nSPS) is 12.9. The van der Waals surface area contributed by atoms with E-state index in [1.54, 1.807) is 0 Å². The molecule has 380 valence electrons. The lowest BCUT2D eigenvalue weighted by Gasteiger charge is -2.18. The molecule has 0 radical (unpaired) electrons. The van der Waals surface area contributed by atoms with Gasteiger partial charge in [-0.15, -0.1) is 0 Å². The van der Waals surface area contributed by atoms with Crippen LogP contribution in [0.25, 0.3) is 0 Å². The summed E-state index contributed by atoms with van der Waals surface area (Å²) >= 11 is 0. The van der Waals surface area contributed by atoms with Crippen LogP contribution in [0, 0.1) is 0 Å². The van der Waals surface area contributed by atoms with Crippen molar-refractivity contribution >= 4 is 17.9 Å². The van der Waals surface area contributed by atoms with Crippen LogP contribution in [0.5, 0.6) is 0 Å². The lowest BCUT2D eigenvalue weighted by atomic mass is 10.1. The monoisotopic (exact) mass is 929 g/mol. The Balaban J connectivity index is 4.54. The maximum Gasteiger partial charge on any atom is 0.306 e. The Kier molecular flexibility index (Phi) is 51.5. The standard InChI is InChI=1S/C61H100O6/c1-4-7-10-13-16-19-22-25-28-29-30-31-34-36-39-42-45-48-51-54-60(63)66-57-58(67-61(64)55-52-49-46-43-40-37-33-27-24-21-18-15-12-9-6-3)56-65-59(62)53-50-47-44-41-38-35-32-26-23-20-17-14-11-8-5-2/h8,11,16-17,19-21,24-26,28,30-32,36,39,45,48,58H,4-7,9-10,12-15,18,22-23,27,29,33-35,37-38,40-44,46-47,49-57H2,1-3H3/b11-8-,19-16-,20-17-,24-21-,28-25-,31-30-,32-26-,39-36-,48-45-/t58-/m1/s1. The lowest BCUT2D eigenvalue weighted by molar-refractivity contribution is -0.166. The first kappa shape index (κ1) is 63.1. The highest BCUT2D eigenvalue weighted by molar-refractivity contribution is 5.71. The first-order valence-corrected chi connectivity index (χ1v) is 27.4. The molecule has 0 bridgehead atoms. The number of rotatable bonds is 48. The Morgan fingerprint density at radius 1 is 0.313 bits per heavy atom. The molecule has 0 aliphatic carbocycles. The van der Waals surface area contributed by atoms with Gasteiger partial charge < -0.3 is 14.2 Å². The van der Waals surface area contributed by atoms with Crippen LogP contribution in [0.2, 0.25) is 0 Å². The van der Waals surface area contributed by atoms with E-state index < -0.39 is 6.10 Å². The predicted octanol–water partition coefficient (Wildman–Crippen LogP) is 18.3. The Hall–Kier alpha value is -3.93. The summed E-state index contributed by atoms with van der Waals surface area (Å²) < 4.78 is 16.7. The molecule has 0 saturated heterocycles. The molecule has 0 heterocycles. The van der Waals surface area contributed by atoms with Gasteiger partial charge in [0.1, 0.15) is 13.2 Å². The van der Waals surface area contributed by atoms with Gasteiger partial charge in [-0.05, 0) is 116 Å². The van der Waals surface area contributed by atoms with Crippen LogP contribution in [0.1, 0.15) is 239 Å². The molecule has 0 amide bonds. The third kappa shape index (κ3) is 52.9. The molecule has 0 unspecified atom stereocenters. The molecule has 1 atom stereocenters. The summed E-state index contributed by atoms with van der Waals surface area (Å²) in [6.07, 6.45) is 73.7. The average molecular weight is 929 g/mol. The summed E-state index contributed by atoms with van der Waals surface area (Å²) in [4.78, 5) is 38.0. The van der Waals surface area contributed by atoms with E-state index in [4.69, 9.17) is 14.2 Å². The minimum atomic E-state index is -0.819. The molecule has 0 aliphatic rings. The number of hydrogen-bond donors (Lipinski definition) is 0. The van der Waals surface area contributed by atoms with Crippen LogP contribution in [-0.2, 0) is 28.6 Å². The van der Waals surface area contributed by atoms with Crippen LogP contribution in [0.15, 0.2) is 109 Å². The van der Waals surface area contributed by atoms with Gasteiger partial charge in [0.25, 0.3) is 0 Å². The molecule has 0 fully saturated rings. The molecule has 0 N–H and O–H groups in total. The van der Waals surface area contributed by atoms with E-state index in [9.17, 15) is 14.4 Å². The first-order valence-electron chi connectivity index (χ1n) is 27.4. The zero-order chi connectivity index (χ0) is 48.6. The van der Waals surface area contributed by atoms with Crippen LogP contribution in [-0.4, -0.2) is 37.2 Å². The highest BCUT2D eigenvalue weighted by Gasteiger charge is 2.19. The second-order valence-corrected chi connectivity index (χ2v) is 17.7. The maximum absolute atomic E-state index is 12.8. The summed E-state index contributed by atoms with van der Waals surface area (Å²) in [5.74, 6) is -1.02. The van der Waals surface area contributed by atoms with Crippen molar-refractivity contribution in [2.75, 3.05) is 13.2 Å². The Morgan fingerprint density at radius 2 is 0.612 bits per heavy atom. The summed E-state index contributed by atoms with van der Waals surface area (Å²) in [6, 6.07) is 0. The molecule has 0 aromatic heterocycles. The van der Waals surface area contributed by atoms with E-state index in [-0.39, 0.29) is 37.5 Å². The molecule has 0 aromatic rings. The number of hydrogen-bond acceptors (Lipinski definition) is 6. The van der Waals surface area contributed by atoms with Gasteiger partial charge in [-0.3, -0.25) is 14.4 Å². The fourth-order valence-corrected chi connectivity index (χ4v) is 7.14. The van der Waals surface area contributed by atoms with Gasteiger partial charge in [-0.25, -0.2) is 0 Å². The molecule has 0 rings (SSSR count). The zero-order valence-electron chi connectivity index (χ0n) is 43.4. The number of ether oxygens (including phenoxy) is 3. The fourth-order valence-electron chi connectivity index (χ4n) is 7.14. The predicted molar refractivity (Wildman–Crippen MR) is 288 cm³/mol. The van der Waals surface area contributed by atoms with Gasteiger partial charge in [0.2, 0.25) is 0 Å². The molecule has 67 heavy (non-hydrogen) atoms. The highest BCUT2D eigenvalue weighted by Crippen LogP contribution is 2.13. The summed E-state index contributed by atoms with van der Waals surface area (Å²) in [6.45, 7) is 6.40. The van der Waals surface area contributed by atoms with Gasteiger partial charge >= 0.3 is 17.9 Å². The van der Waals surface area contributed by atoms with Crippen LogP contribution < -0.4 is 0 Å². The number of esters is 3. The van der Waals surface area contributed by atoms with Crippen molar-refractivity contribution in [3.8, 4) is 0 Å². The smallest absolute Gasteiger partial charge is 0.306 e. The Bertz CT molecular complexity index is 1390. The summed E-state index contributed by atoms with van der Waals surface area (Å²) in [5.41, 5.74) is 0. The average Bonchev–Trinajstić information content (AvgIpc) is 3.33. The Labute approximate surface area is 412 Å². The van der Waals surface area contributed by atoms with Gasteiger partial charge in [0, 0.05) is 19.3 Å². The fraction of sp³-hybridized carbons (Fsp3) is 0.656. The zero-order valence-corrected chi connectivity index (χ0v) is 43.4. The second-order valence-electron chi connectivity index (χ2n) is 17.7. The molecular weight excluding hydrogens is 829 g/mol. The SMILES string of the molecule is CC/C=C\C/C=C\C/C=C\CCCCCCCC(=O)OC[C@H](COC(=O)CC/C=C\C/C=C\C/C=C\C/C=C\C/C=C\CCCCC)OC(=O)CCCCCCCCC/C=C\CCCCCC. The van der Waals surface area contributed by atoms with Crippen molar-refractivity contribution in [3.63, 3.8) is 0 Å². The highest BCUT2D eigenvalue weighted by atomic mass is 16.6. The van der Waals surface area contributed by atoms with Gasteiger partial charge in [-0.2, -0.15) is 0 Å². The largest absolute Gasteiger partial charge is 0.462 e. The first-order chi connectivity index (χ1) is 33.0.